The Morgan fingerprint density at radius 1 is 0.432 bits per heavy atom. The Labute approximate surface area is 266 Å². The summed E-state index contributed by atoms with van der Waals surface area (Å²) in [6, 6.07) is 19.0. The minimum absolute atomic E-state index is 0.0461. The number of rotatable bonds is 4. The van der Waals surface area contributed by atoms with Crippen molar-refractivity contribution in [2.75, 3.05) is 0 Å². The van der Waals surface area contributed by atoms with Crippen molar-refractivity contribution < 1.29 is 22.5 Å². The van der Waals surface area contributed by atoms with Crippen molar-refractivity contribution in [3.05, 3.63) is 139 Å². The van der Waals surface area contributed by atoms with Gasteiger partial charge in [-0.2, -0.15) is 0 Å². The van der Waals surface area contributed by atoms with Crippen molar-refractivity contribution >= 4 is 43.9 Å². The molecule has 0 fully saturated rings. The van der Waals surface area contributed by atoms with Crippen molar-refractivity contribution in [3.8, 4) is 45.3 Å². The van der Waals surface area contributed by atoms with E-state index in [1.807, 2.05) is 66.7 Å². The molecule has 0 atom stereocenters. The Hall–Kier alpha value is -6.07. The Morgan fingerprint density at radius 2 is 1.05 bits per heavy atom. The maximum atomic E-state index is 8.58. The Balaban J connectivity index is 1.24. The van der Waals surface area contributed by atoms with Crippen LogP contribution < -0.4 is 0 Å². The maximum Gasteiger partial charge on any atom is 0.164 e. The van der Waals surface area contributed by atoms with Crippen LogP contribution in [0.25, 0.3) is 89.2 Å². The van der Waals surface area contributed by atoms with Crippen LogP contribution in [0.2, 0.25) is 0 Å². The third-order valence-corrected chi connectivity index (χ3v) is 7.53. The zero-order chi connectivity index (χ0) is 37.7. The van der Waals surface area contributed by atoms with Crippen molar-refractivity contribution in [2.24, 2.45) is 0 Å². The van der Waals surface area contributed by atoms with E-state index in [0.717, 1.165) is 43.8 Å². The van der Waals surface area contributed by atoms with Crippen LogP contribution in [0.15, 0.2) is 148 Å². The number of benzene rings is 6. The molecule has 0 saturated heterocycles. The summed E-state index contributed by atoms with van der Waals surface area (Å²) in [4.78, 5) is 13.4. The van der Waals surface area contributed by atoms with Crippen LogP contribution >= 0.6 is 0 Å². The molecule has 0 aliphatic rings. The van der Waals surface area contributed by atoms with Crippen LogP contribution in [0.4, 0.5) is 0 Å². The summed E-state index contributed by atoms with van der Waals surface area (Å²) in [5.74, 6) is -0.724. The summed E-state index contributed by atoms with van der Waals surface area (Å²) in [5.41, 5.74) is 4.31. The fourth-order valence-corrected chi connectivity index (χ4v) is 5.55. The second-order valence-corrected chi connectivity index (χ2v) is 10.1. The van der Waals surface area contributed by atoms with Crippen molar-refractivity contribution in [1.29, 1.82) is 0 Å². The summed E-state index contributed by atoms with van der Waals surface area (Å²) in [5, 5.41) is 3.63. The molecule has 9 rings (SSSR count). The summed E-state index contributed by atoms with van der Waals surface area (Å²) in [6.45, 7) is 0. The number of para-hydroxylation sites is 1. The Bertz CT molecular complexity index is 2940. The highest BCUT2D eigenvalue weighted by Gasteiger charge is 2.16. The van der Waals surface area contributed by atoms with E-state index in [1.165, 1.54) is 0 Å². The van der Waals surface area contributed by atoms with E-state index in [9.17, 15) is 0 Å². The largest absolute Gasteiger partial charge is 0.456 e. The van der Waals surface area contributed by atoms with Gasteiger partial charge in [-0.25, -0.2) is 15.0 Å². The molecule has 6 aromatic carbocycles. The minimum atomic E-state index is -0.613. The summed E-state index contributed by atoms with van der Waals surface area (Å²) in [6.07, 6.45) is 0. The van der Waals surface area contributed by atoms with E-state index in [0.29, 0.717) is 16.7 Å². The number of furan rings is 2. The lowest BCUT2D eigenvalue weighted by Crippen LogP contribution is -2.00. The molecule has 0 aliphatic heterocycles. The van der Waals surface area contributed by atoms with Crippen LogP contribution in [0.1, 0.15) is 13.7 Å². The highest BCUT2D eigenvalue weighted by atomic mass is 16.3. The van der Waals surface area contributed by atoms with Gasteiger partial charge in [-0.3, -0.25) is 0 Å². The van der Waals surface area contributed by atoms with Crippen LogP contribution in [-0.2, 0) is 0 Å². The number of hydrogen-bond donors (Lipinski definition) is 0. The Kier molecular flexibility index (Phi) is 3.66. The number of hydrogen-bond acceptors (Lipinski definition) is 5. The van der Waals surface area contributed by atoms with Gasteiger partial charge >= 0.3 is 0 Å². The lowest BCUT2D eigenvalue weighted by molar-refractivity contribution is 0.669. The van der Waals surface area contributed by atoms with Crippen molar-refractivity contribution in [3.63, 3.8) is 0 Å². The van der Waals surface area contributed by atoms with Gasteiger partial charge in [0.05, 0.1) is 13.7 Å². The number of nitrogens with zero attached hydrogens (tertiary/aromatic N) is 3. The van der Waals surface area contributed by atoms with Gasteiger partial charge < -0.3 is 8.83 Å². The predicted octanol–water partition coefficient (Wildman–Crippen LogP) is 10.3. The number of aromatic nitrogens is 3. The van der Waals surface area contributed by atoms with Gasteiger partial charge in [-0.05, 0) is 47.5 Å². The van der Waals surface area contributed by atoms with Gasteiger partial charge in [0, 0.05) is 38.2 Å². The molecule has 206 valence electrons. The standard InChI is InChI=1S/C39H23N3O2/c1-3-10-24(11-4-1)37-40-38(25-12-5-2-6-13-25)42-39(41-37)27-18-20-29-31-22-26(19-21-33(31)44-35(29)23-27)28-15-9-17-34-36(28)30-14-7-8-16-32(30)43-34/h1-23H/i1D,2D,3D,4D,5D,6D,10D,11D,12D,13D. The van der Waals surface area contributed by atoms with Gasteiger partial charge in [0.1, 0.15) is 22.3 Å². The zero-order valence-electron chi connectivity index (χ0n) is 32.7. The molecule has 0 N–H and O–H groups in total. The first-order valence-electron chi connectivity index (χ1n) is 18.7. The van der Waals surface area contributed by atoms with Crippen LogP contribution in [0.5, 0.6) is 0 Å². The van der Waals surface area contributed by atoms with Gasteiger partial charge in [-0.15, -0.1) is 0 Å². The van der Waals surface area contributed by atoms with Crippen LogP contribution in [0, 0.1) is 0 Å². The molecular formula is C39H23N3O2. The monoisotopic (exact) mass is 575 g/mol. The quantitative estimate of drug-likeness (QED) is 0.209. The second kappa shape index (κ2) is 9.75. The van der Waals surface area contributed by atoms with Crippen LogP contribution in [0.3, 0.4) is 0 Å². The summed E-state index contributed by atoms with van der Waals surface area (Å²) in [7, 11) is 0. The second-order valence-electron chi connectivity index (χ2n) is 10.1. The van der Waals surface area contributed by atoms with Crippen LogP contribution in [-0.4, -0.2) is 15.0 Å². The molecule has 0 spiro atoms. The Morgan fingerprint density at radius 3 is 1.80 bits per heavy atom. The summed E-state index contributed by atoms with van der Waals surface area (Å²) < 4.78 is 95.7. The zero-order valence-corrected chi connectivity index (χ0v) is 22.7. The molecule has 5 nitrogen and oxygen atoms in total. The molecule has 0 bridgehead atoms. The van der Waals surface area contributed by atoms with Gasteiger partial charge in [0.2, 0.25) is 0 Å². The molecule has 0 saturated carbocycles. The topological polar surface area (TPSA) is 65.0 Å². The highest BCUT2D eigenvalue weighted by molar-refractivity contribution is 6.14. The predicted molar refractivity (Wildman–Crippen MR) is 176 cm³/mol. The smallest absolute Gasteiger partial charge is 0.164 e. The first-order chi connectivity index (χ1) is 25.9. The normalized spacial score (nSPS) is 14.8. The SMILES string of the molecule is [2H]c1c([2H])c([2H])c(-c2nc(-c3ccc4c(c3)oc3ccc(-c5cccc6oc7ccccc7c56)cc34)nc(-c3c([2H])c([2H])c([2H])c([2H])c3[2H])n2)c([2H])c1[2H]. The average molecular weight is 576 g/mol. The van der Waals surface area contributed by atoms with E-state index in [4.69, 9.17) is 22.5 Å². The molecule has 0 unspecified atom stereocenters. The van der Waals surface area contributed by atoms with E-state index < -0.39 is 60.4 Å². The van der Waals surface area contributed by atoms with E-state index in [1.54, 1.807) is 12.1 Å². The first kappa shape index (κ1) is 16.5. The fraction of sp³-hybridized carbons (Fsp3) is 0. The fourth-order valence-electron chi connectivity index (χ4n) is 5.55. The lowest BCUT2D eigenvalue weighted by Gasteiger charge is -2.08. The molecule has 44 heavy (non-hydrogen) atoms. The lowest BCUT2D eigenvalue weighted by atomic mass is 9.98. The number of fused-ring (bicyclic) bond motifs is 6. The maximum absolute atomic E-state index is 8.58. The van der Waals surface area contributed by atoms with Gasteiger partial charge in [0.15, 0.2) is 17.5 Å². The molecule has 0 aliphatic carbocycles. The van der Waals surface area contributed by atoms with E-state index in [2.05, 4.69) is 15.0 Å². The third-order valence-electron chi connectivity index (χ3n) is 7.53. The van der Waals surface area contributed by atoms with E-state index >= 15 is 0 Å². The molecular weight excluding hydrogens is 542 g/mol. The van der Waals surface area contributed by atoms with E-state index in [-0.39, 0.29) is 28.6 Å². The molecule has 3 heterocycles. The summed E-state index contributed by atoms with van der Waals surface area (Å²) >= 11 is 0. The third kappa shape index (κ3) is 3.98. The molecule has 3 aromatic heterocycles. The first-order valence-corrected chi connectivity index (χ1v) is 13.7. The minimum Gasteiger partial charge on any atom is -0.456 e. The van der Waals surface area contributed by atoms with Gasteiger partial charge in [0.25, 0.3) is 0 Å². The average Bonchev–Trinajstić information content (AvgIpc) is 3.75. The molecule has 0 amide bonds. The molecule has 5 heteroatoms. The van der Waals surface area contributed by atoms with Gasteiger partial charge in [-0.1, -0.05) is 103 Å². The van der Waals surface area contributed by atoms with Crippen molar-refractivity contribution in [1.82, 2.24) is 15.0 Å². The molecule has 9 aromatic rings. The van der Waals surface area contributed by atoms with Crippen molar-refractivity contribution in [2.45, 2.75) is 0 Å². The molecule has 0 radical (unpaired) electrons. The highest BCUT2D eigenvalue weighted by Crippen LogP contribution is 2.39.